The summed E-state index contributed by atoms with van der Waals surface area (Å²) in [5.41, 5.74) is -0.315. The van der Waals surface area contributed by atoms with Gasteiger partial charge in [0.05, 0.1) is 6.54 Å². The van der Waals surface area contributed by atoms with Crippen LogP contribution in [0, 0.1) is 6.92 Å². The Bertz CT molecular complexity index is 337. The molecular weight excluding hydrogens is 183 g/mol. The zero-order valence-corrected chi connectivity index (χ0v) is 7.31. The van der Waals surface area contributed by atoms with Crippen molar-refractivity contribution < 1.29 is 4.39 Å². The minimum atomic E-state index is -0.579. The third-order valence-corrected chi connectivity index (χ3v) is 1.67. The zero-order chi connectivity index (χ0) is 9.14. The van der Waals surface area contributed by atoms with E-state index in [1.54, 1.807) is 6.92 Å². The van der Waals surface area contributed by atoms with E-state index in [-0.39, 0.29) is 17.3 Å². The number of hydrogen-bond acceptors (Lipinski definition) is 2. The summed E-state index contributed by atoms with van der Waals surface area (Å²) in [6, 6.07) is 1.17. The molecule has 0 saturated carbocycles. The lowest BCUT2D eigenvalue weighted by atomic mass is 10.5. The van der Waals surface area contributed by atoms with Gasteiger partial charge >= 0.3 is 0 Å². The molecule has 0 amide bonds. The molecular formula is C7H8ClFN2O. The first-order valence-electron chi connectivity index (χ1n) is 3.45. The first kappa shape index (κ1) is 9.19. The largest absolute Gasteiger partial charge is 0.294 e. The van der Waals surface area contributed by atoms with Gasteiger partial charge in [0.2, 0.25) is 0 Å². The number of hydrogen-bond donors (Lipinski definition) is 0. The van der Waals surface area contributed by atoms with Gasteiger partial charge in [-0.2, -0.15) is 0 Å². The molecule has 66 valence electrons. The van der Waals surface area contributed by atoms with E-state index in [1.165, 1.54) is 10.6 Å². The fraction of sp³-hybridized carbons (Fsp3) is 0.429. The van der Waals surface area contributed by atoms with Gasteiger partial charge in [0.15, 0.2) is 0 Å². The summed E-state index contributed by atoms with van der Waals surface area (Å²) in [6.45, 7) is 1.07. The molecule has 0 atom stereocenters. The summed E-state index contributed by atoms with van der Waals surface area (Å²) in [4.78, 5) is 14.9. The van der Waals surface area contributed by atoms with Crippen LogP contribution in [0.3, 0.4) is 0 Å². The molecule has 12 heavy (non-hydrogen) atoms. The SMILES string of the molecule is Cc1nc(Cl)cc(=O)n1CCF. The van der Waals surface area contributed by atoms with Crippen LogP contribution in [0.2, 0.25) is 5.15 Å². The second-order valence-electron chi connectivity index (χ2n) is 2.30. The van der Waals surface area contributed by atoms with Gasteiger partial charge in [-0.25, -0.2) is 9.37 Å². The molecule has 1 aromatic rings. The molecule has 0 aromatic carbocycles. The number of aryl methyl sites for hydroxylation is 1. The van der Waals surface area contributed by atoms with Crippen LogP contribution in [0.25, 0.3) is 0 Å². The van der Waals surface area contributed by atoms with Gasteiger partial charge in [-0.05, 0) is 6.92 Å². The third kappa shape index (κ3) is 1.82. The minimum Gasteiger partial charge on any atom is -0.294 e. The lowest BCUT2D eigenvalue weighted by molar-refractivity contribution is 0.433. The van der Waals surface area contributed by atoms with E-state index in [0.717, 1.165) is 0 Å². The van der Waals surface area contributed by atoms with E-state index < -0.39 is 6.67 Å². The maximum absolute atomic E-state index is 11.9. The Labute approximate surface area is 73.8 Å². The van der Waals surface area contributed by atoms with Crippen LogP contribution in [-0.4, -0.2) is 16.2 Å². The van der Waals surface area contributed by atoms with Crippen LogP contribution in [0.4, 0.5) is 4.39 Å². The second kappa shape index (κ2) is 3.67. The normalized spacial score (nSPS) is 10.2. The summed E-state index contributed by atoms with van der Waals surface area (Å²) in [5, 5.41) is 0.146. The Hall–Kier alpha value is -0.900. The Morgan fingerprint density at radius 2 is 2.42 bits per heavy atom. The fourth-order valence-electron chi connectivity index (χ4n) is 0.943. The summed E-state index contributed by atoms with van der Waals surface area (Å²) in [7, 11) is 0. The molecule has 5 heteroatoms. The molecule has 0 N–H and O–H groups in total. The van der Waals surface area contributed by atoms with E-state index in [4.69, 9.17) is 11.6 Å². The van der Waals surface area contributed by atoms with Crippen molar-refractivity contribution in [2.24, 2.45) is 0 Å². The van der Waals surface area contributed by atoms with Crippen molar-refractivity contribution in [1.82, 2.24) is 9.55 Å². The van der Waals surface area contributed by atoms with Crippen LogP contribution < -0.4 is 5.56 Å². The molecule has 1 rings (SSSR count). The molecule has 0 aliphatic heterocycles. The van der Waals surface area contributed by atoms with Crippen molar-refractivity contribution in [3.05, 3.63) is 27.4 Å². The smallest absolute Gasteiger partial charge is 0.255 e. The van der Waals surface area contributed by atoms with E-state index in [2.05, 4.69) is 4.98 Å². The van der Waals surface area contributed by atoms with Crippen molar-refractivity contribution >= 4 is 11.6 Å². The Morgan fingerprint density at radius 3 is 2.92 bits per heavy atom. The van der Waals surface area contributed by atoms with Crippen molar-refractivity contribution in [2.75, 3.05) is 6.67 Å². The highest BCUT2D eigenvalue weighted by molar-refractivity contribution is 6.29. The monoisotopic (exact) mass is 190 g/mol. The van der Waals surface area contributed by atoms with Gasteiger partial charge in [-0.1, -0.05) is 11.6 Å². The van der Waals surface area contributed by atoms with Crippen LogP contribution in [0.15, 0.2) is 10.9 Å². The maximum Gasteiger partial charge on any atom is 0.255 e. The van der Waals surface area contributed by atoms with Crippen LogP contribution >= 0.6 is 11.6 Å². The first-order chi connectivity index (χ1) is 5.65. The van der Waals surface area contributed by atoms with E-state index in [0.29, 0.717) is 5.82 Å². The molecule has 0 aliphatic carbocycles. The molecule has 1 aromatic heterocycles. The van der Waals surface area contributed by atoms with E-state index in [1.807, 2.05) is 0 Å². The topological polar surface area (TPSA) is 34.9 Å². The summed E-state index contributed by atoms with van der Waals surface area (Å²) in [5.74, 6) is 0.435. The standard InChI is InChI=1S/C7H8ClFN2O/c1-5-10-6(8)4-7(12)11(5)3-2-9/h4H,2-3H2,1H3. The average Bonchev–Trinajstić information content (AvgIpc) is 1.96. The highest BCUT2D eigenvalue weighted by Crippen LogP contribution is 2.00. The Kier molecular flexibility index (Phi) is 2.81. The molecule has 0 spiro atoms. The Balaban J connectivity index is 3.19. The molecule has 0 fully saturated rings. The quantitative estimate of drug-likeness (QED) is 0.657. The molecule has 0 bridgehead atoms. The second-order valence-corrected chi connectivity index (χ2v) is 2.69. The van der Waals surface area contributed by atoms with Crippen LogP contribution in [-0.2, 0) is 6.54 Å². The lowest BCUT2D eigenvalue weighted by Gasteiger charge is -2.05. The number of aromatic nitrogens is 2. The molecule has 0 aliphatic rings. The molecule has 3 nitrogen and oxygen atoms in total. The highest BCUT2D eigenvalue weighted by atomic mass is 35.5. The zero-order valence-electron chi connectivity index (χ0n) is 6.55. The minimum absolute atomic E-state index is 0.0365. The van der Waals surface area contributed by atoms with Gasteiger partial charge in [-0.3, -0.25) is 9.36 Å². The molecule has 0 unspecified atom stereocenters. The van der Waals surface area contributed by atoms with Gasteiger partial charge in [0, 0.05) is 6.07 Å². The van der Waals surface area contributed by atoms with Crippen molar-refractivity contribution in [3.8, 4) is 0 Å². The van der Waals surface area contributed by atoms with Crippen molar-refractivity contribution in [1.29, 1.82) is 0 Å². The van der Waals surface area contributed by atoms with Crippen LogP contribution in [0.1, 0.15) is 5.82 Å². The van der Waals surface area contributed by atoms with Crippen molar-refractivity contribution in [2.45, 2.75) is 13.5 Å². The van der Waals surface area contributed by atoms with Gasteiger partial charge in [0.25, 0.3) is 5.56 Å². The Morgan fingerprint density at radius 1 is 1.75 bits per heavy atom. The van der Waals surface area contributed by atoms with E-state index in [9.17, 15) is 9.18 Å². The van der Waals surface area contributed by atoms with Crippen molar-refractivity contribution in [3.63, 3.8) is 0 Å². The molecule has 0 radical (unpaired) electrons. The lowest BCUT2D eigenvalue weighted by Crippen LogP contribution is -2.23. The average molecular weight is 191 g/mol. The molecule has 1 heterocycles. The number of nitrogens with zero attached hydrogens (tertiary/aromatic N) is 2. The number of rotatable bonds is 2. The van der Waals surface area contributed by atoms with Crippen LogP contribution in [0.5, 0.6) is 0 Å². The predicted molar refractivity (Wildman–Crippen MR) is 44.2 cm³/mol. The summed E-state index contributed by atoms with van der Waals surface area (Å²) >= 11 is 5.50. The van der Waals surface area contributed by atoms with Gasteiger partial charge in [0.1, 0.15) is 17.7 Å². The highest BCUT2D eigenvalue weighted by Gasteiger charge is 2.02. The molecule has 0 saturated heterocycles. The fourth-order valence-corrected chi connectivity index (χ4v) is 1.16. The summed E-state index contributed by atoms with van der Waals surface area (Å²) < 4.78 is 13.2. The maximum atomic E-state index is 11.9. The predicted octanol–water partition coefficient (Wildman–Crippen LogP) is 1.17. The number of alkyl halides is 1. The summed E-state index contributed by atoms with van der Waals surface area (Å²) in [6.07, 6.45) is 0. The van der Waals surface area contributed by atoms with E-state index >= 15 is 0 Å². The number of halogens is 2. The van der Waals surface area contributed by atoms with Gasteiger partial charge in [-0.15, -0.1) is 0 Å². The van der Waals surface area contributed by atoms with Gasteiger partial charge < -0.3 is 0 Å². The third-order valence-electron chi connectivity index (χ3n) is 1.48. The first-order valence-corrected chi connectivity index (χ1v) is 3.83.